The smallest absolute Gasteiger partial charge is 0.288 e. The molecule has 0 fully saturated rings. The van der Waals surface area contributed by atoms with Crippen molar-refractivity contribution in [2.45, 2.75) is 22.6 Å². The van der Waals surface area contributed by atoms with Gasteiger partial charge in [-0.1, -0.05) is 60.7 Å². The van der Waals surface area contributed by atoms with Crippen LogP contribution in [-0.4, -0.2) is 58.8 Å². The number of allylic oxidation sites excluding steroid dienone is 2. The van der Waals surface area contributed by atoms with Crippen molar-refractivity contribution >= 4 is 43.4 Å². The Morgan fingerprint density at radius 3 is 1.19 bits per heavy atom. The van der Waals surface area contributed by atoms with Gasteiger partial charge in [-0.15, -0.1) is 0 Å². The fraction of sp³-hybridized carbons (Fsp3) is 0.143. The standard InChI is InChI=1S/C28H21N3O10S2/c29-17-9-11-27(42(36,37)38,21-19(17)23(32)13-5-1-3-7-15(13)25(21)34)31-28(43(39,40)41)12-10-18(30)20-22(28)26(35)16-8-4-2-6-14(16)24(20)33/h1-10,31H,11-12,29-30H2,(H,36,37,38)(H,39,40,41). The van der Waals surface area contributed by atoms with E-state index in [-0.39, 0.29) is 33.6 Å². The maximum atomic E-state index is 13.9. The van der Waals surface area contributed by atoms with E-state index in [0.717, 1.165) is 12.2 Å². The van der Waals surface area contributed by atoms with Gasteiger partial charge in [-0.25, -0.2) is 0 Å². The van der Waals surface area contributed by atoms with Gasteiger partial charge in [0.05, 0.1) is 22.3 Å². The van der Waals surface area contributed by atoms with Gasteiger partial charge in [-0.2, -0.15) is 16.8 Å². The Hall–Kier alpha value is -4.54. The molecule has 4 aliphatic rings. The number of benzene rings is 2. The van der Waals surface area contributed by atoms with Crippen molar-refractivity contribution in [3.05, 3.63) is 117 Å². The second-order valence-corrected chi connectivity index (χ2v) is 13.7. The molecule has 220 valence electrons. The monoisotopic (exact) mass is 623 g/mol. The lowest BCUT2D eigenvalue weighted by atomic mass is 9.74. The van der Waals surface area contributed by atoms with Gasteiger partial charge in [0.15, 0.2) is 32.9 Å². The van der Waals surface area contributed by atoms with Crippen molar-refractivity contribution in [3.63, 3.8) is 0 Å². The minimum Gasteiger partial charge on any atom is -0.398 e. The molecule has 0 saturated heterocycles. The summed E-state index contributed by atoms with van der Waals surface area (Å²) in [6.45, 7) is 0. The summed E-state index contributed by atoms with van der Waals surface area (Å²) in [7, 11) is -11.3. The number of nitrogens with one attached hydrogen (secondary N) is 1. The largest absolute Gasteiger partial charge is 0.398 e. The lowest BCUT2D eigenvalue weighted by molar-refractivity contribution is 0.0950. The highest BCUT2D eigenvalue weighted by Crippen LogP contribution is 2.48. The van der Waals surface area contributed by atoms with E-state index in [1.165, 1.54) is 48.5 Å². The SMILES string of the molecule is NC1=CCC(NC2(S(=O)(=O)O)CC=C(N)C3=C2C(=O)c2ccccc2C3=O)(S(=O)(=O)O)C2=C1C(=O)c1ccccc1C2=O. The first kappa shape index (κ1) is 28.6. The second kappa shape index (κ2) is 8.98. The lowest BCUT2D eigenvalue weighted by Crippen LogP contribution is -2.69. The number of nitrogens with two attached hydrogens (primary N) is 2. The summed E-state index contributed by atoms with van der Waals surface area (Å²) in [5, 5.41) is 2.23. The first-order valence-electron chi connectivity index (χ1n) is 12.6. The summed E-state index contributed by atoms with van der Waals surface area (Å²) in [5.41, 5.74) is 7.62. The van der Waals surface area contributed by atoms with Gasteiger partial charge >= 0.3 is 0 Å². The molecule has 2 unspecified atom stereocenters. The third-order valence-electron chi connectivity index (χ3n) is 8.13. The van der Waals surface area contributed by atoms with Gasteiger partial charge < -0.3 is 11.5 Å². The summed E-state index contributed by atoms with van der Waals surface area (Å²) < 4.78 is 75.1. The van der Waals surface area contributed by atoms with E-state index in [4.69, 9.17) is 11.5 Å². The first-order valence-corrected chi connectivity index (χ1v) is 15.5. The minimum absolute atomic E-state index is 0.124. The Balaban J connectivity index is 1.69. The molecule has 0 amide bonds. The van der Waals surface area contributed by atoms with E-state index < -0.39 is 88.2 Å². The van der Waals surface area contributed by atoms with E-state index in [9.17, 15) is 45.1 Å². The third kappa shape index (κ3) is 3.66. The van der Waals surface area contributed by atoms with E-state index in [1.807, 2.05) is 0 Å². The number of rotatable bonds is 4. The van der Waals surface area contributed by atoms with Crippen LogP contribution >= 0.6 is 0 Å². The molecule has 0 heterocycles. The molecule has 0 spiro atoms. The van der Waals surface area contributed by atoms with Crippen LogP contribution in [0.5, 0.6) is 0 Å². The molecule has 0 bridgehead atoms. The highest BCUT2D eigenvalue weighted by molar-refractivity contribution is 7.88. The number of Topliss-reactive ketones (excluding diaryl/α,β-unsaturated/α-hetero) is 4. The Bertz CT molecular complexity index is 1960. The van der Waals surface area contributed by atoms with E-state index in [2.05, 4.69) is 5.32 Å². The molecule has 6 rings (SSSR count). The fourth-order valence-electron chi connectivity index (χ4n) is 6.14. The summed E-state index contributed by atoms with van der Waals surface area (Å²) >= 11 is 0. The zero-order chi connectivity index (χ0) is 31.3. The molecule has 2 aromatic rings. The fourth-order valence-corrected chi connectivity index (χ4v) is 8.30. The molecule has 0 saturated carbocycles. The molecule has 2 atom stereocenters. The number of carbonyl (C=O) groups is 4. The topological polar surface area (TPSA) is 241 Å². The van der Waals surface area contributed by atoms with Crippen LogP contribution in [0.4, 0.5) is 0 Å². The van der Waals surface area contributed by atoms with E-state index >= 15 is 0 Å². The minimum atomic E-state index is -5.67. The van der Waals surface area contributed by atoms with Crippen molar-refractivity contribution < 1.29 is 45.1 Å². The molecule has 2 aromatic carbocycles. The van der Waals surface area contributed by atoms with Crippen molar-refractivity contribution in [3.8, 4) is 0 Å². The van der Waals surface area contributed by atoms with Gasteiger partial charge in [-0.3, -0.25) is 33.6 Å². The van der Waals surface area contributed by atoms with Crippen molar-refractivity contribution in [1.29, 1.82) is 0 Å². The second-order valence-electron chi connectivity index (χ2n) is 10.4. The number of hydrogen-bond donors (Lipinski definition) is 5. The van der Waals surface area contributed by atoms with Gasteiger partial charge in [0.1, 0.15) is 0 Å². The van der Waals surface area contributed by atoms with Gasteiger partial charge in [0, 0.05) is 46.5 Å². The summed E-state index contributed by atoms with van der Waals surface area (Å²) in [6, 6.07) is 10.8. The highest BCUT2D eigenvalue weighted by Gasteiger charge is 2.64. The molecule has 7 N–H and O–H groups in total. The van der Waals surface area contributed by atoms with Crippen LogP contribution in [0.3, 0.4) is 0 Å². The molecule has 43 heavy (non-hydrogen) atoms. The molecule has 0 radical (unpaired) electrons. The zero-order valence-electron chi connectivity index (χ0n) is 21.8. The molecule has 15 heteroatoms. The number of hydrogen-bond acceptors (Lipinski definition) is 11. The summed E-state index contributed by atoms with van der Waals surface area (Å²) in [6.07, 6.45) is 0.134. The van der Waals surface area contributed by atoms with Crippen molar-refractivity contribution in [2.75, 3.05) is 0 Å². The van der Waals surface area contributed by atoms with Crippen molar-refractivity contribution in [1.82, 2.24) is 5.32 Å². The number of carbonyl (C=O) groups excluding carboxylic acids is 4. The Morgan fingerprint density at radius 2 is 0.884 bits per heavy atom. The van der Waals surface area contributed by atoms with Gasteiger partial charge in [-0.05, 0) is 0 Å². The normalized spacial score (nSPS) is 25.4. The molecule has 13 nitrogen and oxygen atoms in total. The zero-order valence-corrected chi connectivity index (χ0v) is 23.5. The number of ketones is 4. The molecular weight excluding hydrogens is 602 g/mol. The third-order valence-corrected chi connectivity index (χ3v) is 10.8. The van der Waals surface area contributed by atoms with Crippen LogP contribution in [0.1, 0.15) is 54.3 Å². The lowest BCUT2D eigenvalue weighted by Gasteiger charge is -2.46. The molecule has 0 aliphatic heterocycles. The average molecular weight is 624 g/mol. The maximum Gasteiger partial charge on any atom is 0.288 e. The van der Waals surface area contributed by atoms with Crippen LogP contribution in [0.15, 0.2) is 94.4 Å². The highest BCUT2D eigenvalue weighted by atomic mass is 32.2. The quantitative estimate of drug-likeness (QED) is 0.299. The Kier molecular flexibility index (Phi) is 5.97. The first-order chi connectivity index (χ1) is 20.1. The van der Waals surface area contributed by atoms with Gasteiger partial charge in [0.2, 0.25) is 0 Å². The Labute approximate surface area is 244 Å². The van der Waals surface area contributed by atoms with Crippen LogP contribution in [0.2, 0.25) is 0 Å². The van der Waals surface area contributed by atoms with Crippen LogP contribution in [0.25, 0.3) is 0 Å². The Morgan fingerprint density at radius 1 is 0.581 bits per heavy atom. The van der Waals surface area contributed by atoms with Crippen LogP contribution in [-0.2, 0) is 20.2 Å². The summed E-state index contributed by atoms with van der Waals surface area (Å²) in [5.74, 6) is -3.96. The van der Waals surface area contributed by atoms with E-state index in [1.54, 1.807) is 0 Å². The average Bonchev–Trinajstić information content (AvgIpc) is 2.95. The predicted octanol–water partition coefficient (Wildman–Crippen LogP) is 0.988. The maximum absolute atomic E-state index is 13.9. The van der Waals surface area contributed by atoms with E-state index in [0.29, 0.717) is 0 Å². The molecule has 0 aromatic heterocycles. The van der Waals surface area contributed by atoms with Crippen molar-refractivity contribution in [2.24, 2.45) is 11.5 Å². The van der Waals surface area contributed by atoms with Crippen LogP contribution in [0, 0.1) is 0 Å². The molecular formula is C28H21N3O10S2. The van der Waals surface area contributed by atoms with Gasteiger partial charge in [0.25, 0.3) is 20.2 Å². The molecule has 4 aliphatic carbocycles. The predicted molar refractivity (Wildman–Crippen MR) is 150 cm³/mol. The van der Waals surface area contributed by atoms with Crippen LogP contribution < -0.4 is 16.8 Å². The number of fused-ring (bicyclic) bond motifs is 2. The summed E-state index contributed by atoms with van der Waals surface area (Å²) in [4.78, 5) is 48.6.